The van der Waals surface area contributed by atoms with Crippen molar-refractivity contribution in [3.8, 4) is 0 Å². The topological polar surface area (TPSA) is 55.1 Å². The number of nitrogens with two attached hydrogens (primary N) is 1. The number of nitrogens with one attached hydrogen (secondary N) is 1. The first-order chi connectivity index (χ1) is 12.1. The van der Waals surface area contributed by atoms with Gasteiger partial charge in [0.25, 0.3) is 0 Å². The molecule has 3 rings (SSSR count). The van der Waals surface area contributed by atoms with Crippen LogP contribution >= 0.6 is 0 Å². The average Bonchev–Trinajstić information content (AvgIpc) is 3.25. The summed E-state index contributed by atoms with van der Waals surface area (Å²) in [5, 5.41) is 3.23. The van der Waals surface area contributed by atoms with Crippen LogP contribution in [0.15, 0.2) is 59.4 Å². The normalized spacial score (nSPS) is 11.1. The predicted molar refractivity (Wildman–Crippen MR) is 103 cm³/mol. The number of rotatable bonds is 4. The smallest absolute Gasteiger partial charge is 0.185 e. The first-order valence-corrected chi connectivity index (χ1v) is 8.38. The van der Waals surface area contributed by atoms with E-state index in [1.807, 2.05) is 51.2 Å². The fraction of sp³-hybridized carbons (Fsp3) is 0.286. The minimum absolute atomic E-state index is 0.113. The molecule has 0 heterocycles. The molecule has 0 saturated carbocycles. The zero-order chi connectivity index (χ0) is 18.8. The summed E-state index contributed by atoms with van der Waals surface area (Å²) < 4.78 is 12.8. The van der Waals surface area contributed by atoms with E-state index in [-0.39, 0.29) is 11.9 Å². The summed E-state index contributed by atoms with van der Waals surface area (Å²) >= 11 is 0. The second-order valence-corrected chi connectivity index (χ2v) is 5.47. The van der Waals surface area contributed by atoms with Gasteiger partial charge < -0.3 is 11.1 Å². The summed E-state index contributed by atoms with van der Waals surface area (Å²) in [6, 6.07) is 16.8. The molecule has 25 heavy (non-hydrogen) atoms. The molecule has 0 fully saturated rings. The molecule has 1 unspecified atom stereocenters. The molecule has 4 heteroatoms. The van der Waals surface area contributed by atoms with Crippen LogP contribution in [0.1, 0.15) is 35.2 Å². The highest BCUT2D eigenvalue weighted by Gasteiger charge is 2.13. The maximum atomic E-state index is 12.8. The lowest BCUT2D eigenvalue weighted by atomic mass is 9.99. The lowest BCUT2D eigenvalue weighted by molar-refractivity contribution is 0.623. The highest BCUT2D eigenvalue weighted by atomic mass is 19.1. The second-order valence-electron chi connectivity index (χ2n) is 5.47. The van der Waals surface area contributed by atoms with Crippen LogP contribution in [-0.2, 0) is 6.42 Å². The summed E-state index contributed by atoms with van der Waals surface area (Å²) in [6.07, 6.45) is 0.921. The fourth-order valence-electron chi connectivity index (χ4n) is 2.56. The molecule has 0 amide bonds. The van der Waals surface area contributed by atoms with E-state index < -0.39 is 0 Å². The van der Waals surface area contributed by atoms with Gasteiger partial charge in [-0.2, -0.15) is 0 Å². The number of halogens is 1. The molecule has 0 radical (unpaired) electrons. The Labute approximate surface area is 149 Å². The van der Waals surface area contributed by atoms with E-state index in [1.165, 1.54) is 24.7 Å². The molecule has 0 spiro atoms. The van der Waals surface area contributed by atoms with Crippen LogP contribution in [0.2, 0.25) is 0 Å². The van der Waals surface area contributed by atoms with E-state index in [4.69, 9.17) is 0 Å². The first kappa shape index (κ1) is 20.7. The van der Waals surface area contributed by atoms with Crippen LogP contribution < -0.4 is 16.5 Å². The minimum Gasteiger partial charge on any atom is -0.333 e. The number of benzene rings is 2. The van der Waals surface area contributed by atoms with Crippen LogP contribution in [0.4, 0.5) is 4.39 Å². The lowest BCUT2D eigenvalue weighted by Crippen LogP contribution is -2.17. The molecule has 3 aromatic rings. The Morgan fingerprint density at radius 1 is 1.00 bits per heavy atom. The Bertz CT molecular complexity index is 744. The van der Waals surface area contributed by atoms with Crippen molar-refractivity contribution >= 4 is 0 Å². The number of hydrogen-bond acceptors (Lipinski definition) is 3. The molecule has 3 N–H and O–H groups in total. The van der Waals surface area contributed by atoms with Gasteiger partial charge in [0, 0.05) is 11.1 Å². The van der Waals surface area contributed by atoms with Crippen molar-refractivity contribution in [1.82, 2.24) is 5.32 Å². The van der Waals surface area contributed by atoms with E-state index in [2.05, 4.69) is 23.2 Å². The third-order valence-corrected chi connectivity index (χ3v) is 3.98. The largest absolute Gasteiger partial charge is 0.333 e. The number of hydrogen-bond donors (Lipinski definition) is 2. The molecule has 0 aliphatic heterocycles. The summed E-state index contributed by atoms with van der Waals surface area (Å²) in [6.45, 7) is 3.88. The minimum atomic E-state index is -0.202. The Hall–Kier alpha value is -2.30. The van der Waals surface area contributed by atoms with E-state index >= 15 is 0 Å². The van der Waals surface area contributed by atoms with Gasteiger partial charge in [-0.3, -0.25) is 4.79 Å². The summed E-state index contributed by atoms with van der Waals surface area (Å²) in [5.74, 6) is -0.202. The average molecular weight is 342 g/mol. The van der Waals surface area contributed by atoms with Crippen molar-refractivity contribution in [1.29, 1.82) is 0 Å². The summed E-state index contributed by atoms with van der Waals surface area (Å²) in [4.78, 5) is 10.4. The molecule has 0 saturated heterocycles. The van der Waals surface area contributed by atoms with Gasteiger partial charge >= 0.3 is 0 Å². The quantitative estimate of drug-likeness (QED) is 0.763. The second kappa shape index (κ2) is 10.5. The molecule has 0 aliphatic carbocycles. The van der Waals surface area contributed by atoms with Gasteiger partial charge in [-0.25, -0.2) is 4.39 Å². The highest BCUT2D eigenvalue weighted by Crippen LogP contribution is 2.21. The van der Waals surface area contributed by atoms with Gasteiger partial charge in [-0.1, -0.05) is 49.4 Å². The highest BCUT2D eigenvalue weighted by molar-refractivity contribution is 5.37. The molecule has 3 aromatic carbocycles. The van der Waals surface area contributed by atoms with Crippen molar-refractivity contribution in [2.75, 3.05) is 14.1 Å². The molecular formula is C21H27FN2O. The zero-order valence-electron chi connectivity index (χ0n) is 15.3. The van der Waals surface area contributed by atoms with Gasteiger partial charge in [0.2, 0.25) is 0 Å². The summed E-state index contributed by atoms with van der Waals surface area (Å²) in [7, 11) is 3.40. The third-order valence-electron chi connectivity index (χ3n) is 3.98. The Balaban J connectivity index is 0.000000290. The van der Waals surface area contributed by atoms with E-state index in [9.17, 15) is 9.18 Å². The fourth-order valence-corrected chi connectivity index (χ4v) is 2.56. The Kier molecular flexibility index (Phi) is 8.75. The molecule has 0 aromatic heterocycles. The molecule has 0 bridgehead atoms. The van der Waals surface area contributed by atoms with E-state index in [0.29, 0.717) is 5.43 Å². The first-order valence-electron chi connectivity index (χ1n) is 8.38. The van der Waals surface area contributed by atoms with Crippen LogP contribution in [0.3, 0.4) is 0 Å². The van der Waals surface area contributed by atoms with Crippen LogP contribution in [0, 0.1) is 12.7 Å². The van der Waals surface area contributed by atoms with Crippen molar-refractivity contribution < 1.29 is 4.39 Å². The van der Waals surface area contributed by atoms with Crippen molar-refractivity contribution in [2.45, 2.75) is 26.3 Å². The Morgan fingerprint density at radius 3 is 1.84 bits per heavy atom. The van der Waals surface area contributed by atoms with Crippen LogP contribution in [0.5, 0.6) is 0 Å². The van der Waals surface area contributed by atoms with Crippen LogP contribution in [-0.4, -0.2) is 14.1 Å². The van der Waals surface area contributed by atoms with Gasteiger partial charge in [-0.15, -0.1) is 0 Å². The third kappa shape index (κ3) is 5.93. The van der Waals surface area contributed by atoms with Gasteiger partial charge in [0.05, 0.1) is 6.04 Å². The molecule has 3 nitrogen and oxygen atoms in total. The Morgan fingerprint density at radius 2 is 1.48 bits per heavy atom. The molecule has 134 valence electrons. The van der Waals surface area contributed by atoms with Gasteiger partial charge in [0.1, 0.15) is 5.82 Å². The monoisotopic (exact) mass is 342 g/mol. The van der Waals surface area contributed by atoms with Crippen molar-refractivity contribution in [3.05, 3.63) is 92.9 Å². The van der Waals surface area contributed by atoms with Crippen molar-refractivity contribution in [3.63, 3.8) is 0 Å². The molecule has 1 atom stereocenters. The molecule has 0 aliphatic rings. The van der Waals surface area contributed by atoms with Crippen molar-refractivity contribution in [2.24, 2.45) is 5.73 Å². The maximum absolute atomic E-state index is 12.8. The van der Waals surface area contributed by atoms with Gasteiger partial charge in [0.15, 0.2) is 5.43 Å². The molecular weight excluding hydrogens is 315 g/mol. The lowest BCUT2D eigenvalue weighted by Gasteiger charge is -2.16. The SMILES string of the molecule is CCc1c(C)c1=O.CN.CNC(c1ccccc1)c1ccc(F)cc1. The van der Waals surface area contributed by atoms with E-state index in [0.717, 1.165) is 23.1 Å². The van der Waals surface area contributed by atoms with Crippen LogP contribution in [0.25, 0.3) is 0 Å². The van der Waals surface area contributed by atoms with Gasteiger partial charge in [-0.05, 0) is 50.7 Å². The predicted octanol–water partition coefficient (Wildman–Crippen LogP) is 3.50. The maximum Gasteiger partial charge on any atom is 0.185 e. The zero-order valence-corrected chi connectivity index (χ0v) is 15.3. The van der Waals surface area contributed by atoms with E-state index in [1.54, 1.807) is 0 Å². The standard InChI is InChI=1S/C14H14FN.C6H8O.CH5N/c1-16-14(11-5-3-2-4-6-11)12-7-9-13(15)10-8-12;1-3-5-4(2)6(5)7;1-2/h2-10,14,16H,1H3;3H2,1-2H3;2H2,1H3. The summed E-state index contributed by atoms with van der Waals surface area (Å²) in [5.41, 5.74) is 9.07.